The third kappa shape index (κ3) is 6.14. The van der Waals surface area contributed by atoms with E-state index in [1.807, 2.05) is 37.3 Å². The molecule has 172 valence electrons. The number of carbonyl (C=O) groups excluding carboxylic acids is 2. The summed E-state index contributed by atoms with van der Waals surface area (Å²) in [5.41, 5.74) is 1.01. The van der Waals surface area contributed by atoms with Gasteiger partial charge in [-0.3, -0.25) is 14.6 Å². The van der Waals surface area contributed by atoms with Crippen LogP contribution in [0, 0.1) is 5.92 Å². The highest BCUT2D eigenvalue weighted by Gasteiger charge is 2.33. The Morgan fingerprint density at radius 1 is 1.16 bits per heavy atom. The van der Waals surface area contributed by atoms with E-state index in [4.69, 9.17) is 4.74 Å². The fourth-order valence-corrected chi connectivity index (χ4v) is 5.20. The van der Waals surface area contributed by atoms with E-state index < -0.39 is 21.9 Å². The molecule has 1 unspecified atom stereocenters. The van der Waals surface area contributed by atoms with Gasteiger partial charge in [0.05, 0.1) is 12.0 Å². The molecule has 1 aliphatic rings. The van der Waals surface area contributed by atoms with Crippen LogP contribution in [0.15, 0.2) is 59.8 Å². The molecule has 2 heterocycles. The van der Waals surface area contributed by atoms with Crippen molar-refractivity contribution in [2.45, 2.75) is 43.5 Å². The normalized spacial score (nSPS) is 16.3. The van der Waals surface area contributed by atoms with E-state index in [0.717, 1.165) is 18.4 Å². The fraction of sp³-hybridized carbons (Fsp3) is 0.435. The highest BCUT2D eigenvalue weighted by atomic mass is 32.2. The molecule has 9 heteroatoms. The van der Waals surface area contributed by atoms with Crippen molar-refractivity contribution in [1.29, 1.82) is 0 Å². The maximum atomic E-state index is 12.7. The molecule has 32 heavy (non-hydrogen) atoms. The molecule has 0 aliphatic carbocycles. The van der Waals surface area contributed by atoms with Gasteiger partial charge in [0.25, 0.3) is 5.91 Å². The van der Waals surface area contributed by atoms with E-state index in [2.05, 4.69) is 10.3 Å². The Kier molecular flexibility index (Phi) is 8.35. The molecule has 3 rings (SSSR count). The van der Waals surface area contributed by atoms with E-state index in [9.17, 15) is 18.0 Å². The Bertz CT molecular complexity index is 991. The molecule has 0 saturated carbocycles. The molecule has 1 fully saturated rings. The molecule has 0 radical (unpaired) electrons. The number of ether oxygens (including phenoxy) is 1. The van der Waals surface area contributed by atoms with Crippen LogP contribution in [0.1, 0.15) is 44.2 Å². The summed E-state index contributed by atoms with van der Waals surface area (Å²) >= 11 is 0. The van der Waals surface area contributed by atoms with Crippen molar-refractivity contribution in [1.82, 2.24) is 14.6 Å². The molecule has 2 aromatic rings. The average molecular weight is 460 g/mol. The van der Waals surface area contributed by atoms with Crippen LogP contribution in [0.2, 0.25) is 0 Å². The number of pyridine rings is 1. The van der Waals surface area contributed by atoms with Gasteiger partial charge in [-0.1, -0.05) is 43.7 Å². The van der Waals surface area contributed by atoms with Crippen LogP contribution < -0.4 is 5.32 Å². The maximum absolute atomic E-state index is 12.7. The van der Waals surface area contributed by atoms with Crippen LogP contribution in [0.4, 0.5) is 0 Å². The molecule has 8 nitrogen and oxygen atoms in total. The van der Waals surface area contributed by atoms with E-state index in [0.29, 0.717) is 12.8 Å². The number of benzene rings is 1. The minimum Gasteiger partial charge on any atom is -0.455 e. The summed E-state index contributed by atoms with van der Waals surface area (Å²) in [6.07, 6.45) is 5.22. The number of esters is 1. The Hall–Kier alpha value is -2.78. The summed E-state index contributed by atoms with van der Waals surface area (Å²) in [5, 5.41) is 2.93. The predicted molar refractivity (Wildman–Crippen MR) is 119 cm³/mol. The lowest BCUT2D eigenvalue weighted by Gasteiger charge is -2.30. The number of rotatable bonds is 9. The average Bonchev–Trinajstić information content (AvgIpc) is 2.83. The first kappa shape index (κ1) is 23.9. The number of nitrogens with zero attached hydrogens (tertiary/aromatic N) is 2. The molecule has 0 bridgehead atoms. The SMILES string of the molecule is CCCC(NC(=O)COC(=O)C1CCN(S(=O)(=O)c2cccnc2)CC1)c1ccccc1. The first-order valence-electron chi connectivity index (χ1n) is 10.8. The van der Waals surface area contributed by atoms with Gasteiger partial charge in [0.15, 0.2) is 6.61 Å². The van der Waals surface area contributed by atoms with Crippen LogP contribution in [0.5, 0.6) is 0 Å². The molecule has 0 spiro atoms. The smallest absolute Gasteiger partial charge is 0.309 e. The number of carbonyl (C=O) groups is 2. The second-order valence-electron chi connectivity index (χ2n) is 7.79. The molecule has 1 aromatic heterocycles. The first-order chi connectivity index (χ1) is 15.4. The Morgan fingerprint density at radius 3 is 2.50 bits per heavy atom. The lowest BCUT2D eigenvalue weighted by molar-refractivity contribution is -0.153. The summed E-state index contributed by atoms with van der Waals surface area (Å²) in [7, 11) is -3.63. The minimum absolute atomic E-state index is 0.131. The zero-order valence-electron chi connectivity index (χ0n) is 18.1. The van der Waals surface area contributed by atoms with Crippen molar-refractivity contribution < 1.29 is 22.7 Å². The number of hydrogen-bond acceptors (Lipinski definition) is 6. The van der Waals surface area contributed by atoms with Gasteiger partial charge in [-0.25, -0.2) is 8.42 Å². The minimum atomic E-state index is -3.63. The van der Waals surface area contributed by atoms with Crippen molar-refractivity contribution in [2.24, 2.45) is 5.92 Å². The molecule has 1 saturated heterocycles. The highest BCUT2D eigenvalue weighted by molar-refractivity contribution is 7.89. The third-order valence-corrected chi connectivity index (χ3v) is 7.40. The van der Waals surface area contributed by atoms with Gasteiger partial charge < -0.3 is 10.1 Å². The first-order valence-corrected chi connectivity index (χ1v) is 12.3. The quantitative estimate of drug-likeness (QED) is 0.578. The molecule has 1 N–H and O–H groups in total. The fourth-order valence-electron chi connectivity index (χ4n) is 3.77. The van der Waals surface area contributed by atoms with Gasteiger partial charge in [0.2, 0.25) is 10.0 Å². The van der Waals surface area contributed by atoms with Gasteiger partial charge in [0, 0.05) is 25.5 Å². The molecular formula is C23H29N3O5S. The summed E-state index contributed by atoms with van der Waals surface area (Å²) in [6.45, 7) is 2.13. The van der Waals surface area contributed by atoms with Crippen molar-refractivity contribution in [3.05, 3.63) is 60.4 Å². The number of piperidine rings is 1. The Labute approximate surface area is 189 Å². The van der Waals surface area contributed by atoms with Crippen LogP contribution >= 0.6 is 0 Å². The van der Waals surface area contributed by atoms with Crippen LogP contribution in [-0.2, 0) is 24.3 Å². The van der Waals surface area contributed by atoms with E-state index >= 15 is 0 Å². The summed E-state index contributed by atoms with van der Waals surface area (Å²) < 4.78 is 31.9. The van der Waals surface area contributed by atoms with Crippen molar-refractivity contribution >= 4 is 21.9 Å². The highest BCUT2D eigenvalue weighted by Crippen LogP contribution is 2.24. The van der Waals surface area contributed by atoms with Crippen LogP contribution in [0.25, 0.3) is 0 Å². The Balaban J connectivity index is 1.47. The monoisotopic (exact) mass is 459 g/mol. The molecular weight excluding hydrogens is 430 g/mol. The van der Waals surface area contributed by atoms with E-state index in [1.165, 1.54) is 22.8 Å². The van der Waals surface area contributed by atoms with Crippen molar-refractivity contribution in [2.75, 3.05) is 19.7 Å². The lowest BCUT2D eigenvalue weighted by atomic mass is 9.98. The second-order valence-corrected chi connectivity index (χ2v) is 9.73. The van der Waals surface area contributed by atoms with Crippen LogP contribution in [0.3, 0.4) is 0 Å². The maximum Gasteiger partial charge on any atom is 0.309 e. The standard InChI is InChI=1S/C23H29N3O5S/c1-2-7-21(18-8-4-3-5-9-18)25-22(27)17-31-23(28)19-11-14-26(15-12-19)32(29,30)20-10-6-13-24-16-20/h3-6,8-10,13,16,19,21H,2,7,11-12,14-15,17H2,1H3,(H,25,27). The van der Waals surface area contributed by atoms with Gasteiger partial charge in [-0.15, -0.1) is 0 Å². The summed E-state index contributed by atoms with van der Waals surface area (Å²) in [6, 6.07) is 12.6. The van der Waals surface area contributed by atoms with Crippen molar-refractivity contribution in [3.8, 4) is 0 Å². The Morgan fingerprint density at radius 2 is 1.88 bits per heavy atom. The van der Waals surface area contributed by atoms with Crippen LogP contribution in [-0.4, -0.2) is 49.3 Å². The number of amides is 1. The van der Waals surface area contributed by atoms with Crippen molar-refractivity contribution in [3.63, 3.8) is 0 Å². The lowest BCUT2D eigenvalue weighted by Crippen LogP contribution is -2.41. The van der Waals surface area contributed by atoms with E-state index in [1.54, 1.807) is 6.07 Å². The number of sulfonamides is 1. The van der Waals surface area contributed by atoms with Gasteiger partial charge >= 0.3 is 5.97 Å². The number of hydrogen-bond donors (Lipinski definition) is 1. The number of nitrogens with one attached hydrogen (secondary N) is 1. The van der Waals surface area contributed by atoms with E-state index in [-0.39, 0.29) is 36.5 Å². The topological polar surface area (TPSA) is 106 Å². The zero-order valence-corrected chi connectivity index (χ0v) is 19.0. The predicted octanol–water partition coefficient (Wildman–Crippen LogP) is 2.68. The zero-order chi connectivity index (χ0) is 23.0. The van der Waals surface area contributed by atoms with Gasteiger partial charge in [0.1, 0.15) is 4.90 Å². The molecule has 1 amide bonds. The second kappa shape index (κ2) is 11.2. The summed E-state index contributed by atoms with van der Waals surface area (Å²) in [4.78, 5) is 28.8. The summed E-state index contributed by atoms with van der Waals surface area (Å²) in [5.74, 6) is -1.24. The largest absolute Gasteiger partial charge is 0.455 e. The van der Waals surface area contributed by atoms with Gasteiger partial charge in [-0.05, 0) is 37.0 Å². The number of aromatic nitrogens is 1. The third-order valence-electron chi connectivity index (χ3n) is 5.52. The van der Waals surface area contributed by atoms with Gasteiger partial charge in [-0.2, -0.15) is 4.31 Å². The molecule has 1 aromatic carbocycles. The molecule has 1 atom stereocenters. The molecule has 1 aliphatic heterocycles.